The molecule has 0 heterocycles. The molecule has 0 spiro atoms. The van der Waals surface area contributed by atoms with Crippen molar-refractivity contribution in [2.24, 2.45) is 11.8 Å². The molecular weight excluding hydrogens is 160 g/mol. The highest BCUT2D eigenvalue weighted by atomic mass is 16.1. The Morgan fingerprint density at radius 3 is 2.77 bits per heavy atom. The lowest BCUT2D eigenvalue weighted by molar-refractivity contribution is -0.113. The molecule has 0 radical (unpaired) electrons. The van der Waals surface area contributed by atoms with Crippen LogP contribution in [0.2, 0.25) is 0 Å². The summed E-state index contributed by atoms with van der Waals surface area (Å²) in [7, 11) is 0. The van der Waals surface area contributed by atoms with Crippen LogP contribution in [-0.2, 0) is 4.79 Å². The third-order valence-electron chi connectivity index (χ3n) is 3.13. The molecule has 0 bridgehead atoms. The molecule has 1 nitrogen and oxygen atoms in total. The number of allylic oxidation sites excluding steroid dienone is 1. The first-order valence-corrected chi connectivity index (χ1v) is 5.44. The second-order valence-electron chi connectivity index (χ2n) is 4.06. The van der Waals surface area contributed by atoms with Crippen LogP contribution in [0.3, 0.4) is 0 Å². The van der Waals surface area contributed by atoms with Crippen molar-refractivity contribution in [3.8, 4) is 0 Å². The molecule has 0 aromatic rings. The van der Waals surface area contributed by atoms with Crippen LogP contribution in [0.25, 0.3) is 0 Å². The fraction of sp³-hybridized carbons (Fsp3) is 0.750. The highest BCUT2D eigenvalue weighted by Crippen LogP contribution is 2.32. The van der Waals surface area contributed by atoms with Gasteiger partial charge in [0.2, 0.25) is 0 Å². The number of carbonyl (C=O) groups excluding carboxylic acids is 1. The molecule has 0 aromatic heterocycles. The lowest BCUT2D eigenvalue weighted by atomic mass is 9.77. The van der Waals surface area contributed by atoms with E-state index in [0.29, 0.717) is 11.8 Å². The third kappa shape index (κ3) is 3.33. The zero-order chi connectivity index (χ0) is 9.52. The molecule has 74 valence electrons. The maximum atomic E-state index is 10.8. The molecule has 1 fully saturated rings. The van der Waals surface area contributed by atoms with Crippen molar-refractivity contribution < 1.29 is 4.79 Å². The molecule has 0 saturated heterocycles. The lowest BCUT2D eigenvalue weighted by Crippen LogP contribution is -2.20. The van der Waals surface area contributed by atoms with E-state index in [9.17, 15) is 4.79 Å². The van der Waals surface area contributed by atoms with Crippen LogP contribution in [0.5, 0.6) is 0 Å². The number of unbranched alkanes of at least 4 members (excludes halogenated alkanes) is 1. The normalized spacial score (nSPS) is 28.3. The van der Waals surface area contributed by atoms with Crippen LogP contribution in [0, 0.1) is 11.8 Å². The topological polar surface area (TPSA) is 17.1 Å². The molecule has 1 aliphatic rings. The zero-order valence-corrected chi connectivity index (χ0v) is 8.37. The standard InChI is InChI=1S/C12H20O/c1-2-3-4-7-11-8-5-6-9-12(11)10-13/h2,10-12H,1,3-9H2. The van der Waals surface area contributed by atoms with Gasteiger partial charge < -0.3 is 4.79 Å². The number of carbonyl (C=O) groups is 1. The zero-order valence-electron chi connectivity index (χ0n) is 8.37. The van der Waals surface area contributed by atoms with E-state index in [0.717, 1.165) is 12.8 Å². The molecule has 0 aliphatic heterocycles. The van der Waals surface area contributed by atoms with Crippen LogP contribution in [-0.4, -0.2) is 6.29 Å². The van der Waals surface area contributed by atoms with Gasteiger partial charge in [0.05, 0.1) is 0 Å². The molecule has 1 heteroatoms. The molecule has 0 amide bonds. The maximum absolute atomic E-state index is 10.8. The molecule has 0 aromatic carbocycles. The van der Waals surface area contributed by atoms with Crippen molar-refractivity contribution in [2.45, 2.75) is 44.9 Å². The highest BCUT2D eigenvalue weighted by molar-refractivity contribution is 5.54. The fourth-order valence-electron chi connectivity index (χ4n) is 2.30. The Hall–Kier alpha value is -0.590. The Bertz CT molecular complexity index is 163. The van der Waals surface area contributed by atoms with Crippen LogP contribution >= 0.6 is 0 Å². The first-order valence-electron chi connectivity index (χ1n) is 5.44. The van der Waals surface area contributed by atoms with Gasteiger partial charge in [0.1, 0.15) is 6.29 Å². The molecule has 1 saturated carbocycles. The van der Waals surface area contributed by atoms with Crippen LogP contribution in [0.15, 0.2) is 12.7 Å². The second-order valence-corrected chi connectivity index (χ2v) is 4.06. The summed E-state index contributed by atoms with van der Waals surface area (Å²) in [5.41, 5.74) is 0. The van der Waals surface area contributed by atoms with Gasteiger partial charge in [0.15, 0.2) is 0 Å². The van der Waals surface area contributed by atoms with Crippen molar-refractivity contribution in [1.29, 1.82) is 0 Å². The predicted molar refractivity (Wildman–Crippen MR) is 55.6 cm³/mol. The van der Waals surface area contributed by atoms with Gasteiger partial charge in [0, 0.05) is 5.92 Å². The number of hydrogen-bond donors (Lipinski definition) is 0. The summed E-state index contributed by atoms with van der Waals surface area (Å²) in [4.78, 5) is 10.8. The Balaban J connectivity index is 2.27. The predicted octanol–water partition coefficient (Wildman–Crippen LogP) is 3.35. The van der Waals surface area contributed by atoms with E-state index in [2.05, 4.69) is 6.58 Å². The average Bonchev–Trinajstić information content (AvgIpc) is 2.19. The molecule has 0 N–H and O–H groups in total. The van der Waals surface area contributed by atoms with Crippen molar-refractivity contribution in [1.82, 2.24) is 0 Å². The van der Waals surface area contributed by atoms with E-state index in [-0.39, 0.29) is 0 Å². The monoisotopic (exact) mass is 180 g/mol. The largest absolute Gasteiger partial charge is 0.303 e. The van der Waals surface area contributed by atoms with Crippen molar-refractivity contribution >= 4 is 6.29 Å². The minimum atomic E-state index is 0.360. The number of hydrogen-bond acceptors (Lipinski definition) is 1. The van der Waals surface area contributed by atoms with Gasteiger partial charge in [-0.1, -0.05) is 18.9 Å². The fourth-order valence-corrected chi connectivity index (χ4v) is 2.30. The molecule has 13 heavy (non-hydrogen) atoms. The van der Waals surface area contributed by atoms with Crippen molar-refractivity contribution in [2.75, 3.05) is 0 Å². The van der Waals surface area contributed by atoms with E-state index >= 15 is 0 Å². The molecule has 2 unspecified atom stereocenters. The Kier molecular flexibility index (Phi) is 4.81. The van der Waals surface area contributed by atoms with Crippen molar-refractivity contribution in [3.63, 3.8) is 0 Å². The van der Waals surface area contributed by atoms with Gasteiger partial charge >= 0.3 is 0 Å². The third-order valence-corrected chi connectivity index (χ3v) is 3.13. The lowest BCUT2D eigenvalue weighted by Gasteiger charge is -2.27. The first-order chi connectivity index (χ1) is 6.38. The van der Waals surface area contributed by atoms with Crippen LogP contribution in [0.4, 0.5) is 0 Å². The van der Waals surface area contributed by atoms with Gasteiger partial charge in [-0.15, -0.1) is 6.58 Å². The van der Waals surface area contributed by atoms with Gasteiger partial charge in [-0.3, -0.25) is 0 Å². The average molecular weight is 180 g/mol. The smallest absolute Gasteiger partial charge is 0.123 e. The maximum Gasteiger partial charge on any atom is 0.123 e. The number of rotatable bonds is 5. The quantitative estimate of drug-likeness (QED) is 0.360. The SMILES string of the molecule is C=CCCCC1CCCCC1C=O. The second kappa shape index (κ2) is 5.95. The molecule has 1 aliphatic carbocycles. The Morgan fingerprint density at radius 1 is 1.31 bits per heavy atom. The van der Waals surface area contributed by atoms with Gasteiger partial charge in [-0.05, 0) is 38.0 Å². The minimum Gasteiger partial charge on any atom is -0.303 e. The first kappa shape index (κ1) is 10.5. The van der Waals surface area contributed by atoms with Crippen molar-refractivity contribution in [3.05, 3.63) is 12.7 Å². The van der Waals surface area contributed by atoms with E-state index < -0.39 is 0 Å². The van der Waals surface area contributed by atoms with E-state index in [1.165, 1.54) is 38.4 Å². The summed E-state index contributed by atoms with van der Waals surface area (Å²) in [6, 6.07) is 0. The minimum absolute atomic E-state index is 0.360. The van der Waals surface area contributed by atoms with Crippen LogP contribution < -0.4 is 0 Å². The Labute approximate surface area is 81.2 Å². The van der Waals surface area contributed by atoms with Gasteiger partial charge in [-0.25, -0.2) is 0 Å². The van der Waals surface area contributed by atoms with Gasteiger partial charge in [-0.2, -0.15) is 0 Å². The molecule has 1 rings (SSSR count). The molecule has 2 atom stereocenters. The summed E-state index contributed by atoms with van der Waals surface area (Å²) < 4.78 is 0. The number of aldehydes is 1. The molecular formula is C12H20O. The van der Waals surface area contributed by atoms with E-state index in [1.54, 1.807) is 0 Å². The Morgan fingerprint density at radius 2 is 2.08 bits per heavy atom. The van der Waals surface area contributed by atoms with Crippen LogP contribution in [0.1, 0.15) is 44.9 Å². The summed E-state index contributed by atoms with van der Waals surface area (Å²) in [6.45, 7) is 3.71. The highest BCUT2D eigenvalue weighted by Gasteiger charge is 2.23. The summed E-state index contributed by atoms with van der Waals surface area (Å²) >= 11 is 0. The summed E-state index contributed by atoms with van der Waals surface area (Å²) in [5, 5.41) is 0. The van der Waals surface area contributed by atoms with Gasteiger partial charge in [0.25, 0.3) is 0 Å². The summed E-state index contributed by atoms with van der Waals surface area (Å²) in [5.74, 6) is 1.03. The van der Waals surface area contributed by atoms with E-state index in [4.69, 9.17) is 0 Å². The van der Waals surface area contributed by atoms with E-state index in [1.807, 2.05) is 6.08 Å². The summed E-state index contributed by atoms with van der Waals surface area (Å²) in [6.07, 6.45) is 11.6.